The van der Waals surface area contributed by atoms with Crippen LogP contribution in [-0.4, -0.2) is 36.0 Å². The number of hydrogen-bond donors (Lipinski definition) is 0. The highest BCUT2D eigenvalue weighted by atomic mass is 35.5. The highest BCUT2D eigenvalue weighted by Crippen LogP contribution is 2.21. The van der Waals surface area contributed by atoms with E-state index in [1.165, 1.54) is 4.90 Å². The number of carbonyl (C=O) groups excluding carboxylic acids is 1. The Hall–Kier alpha value is -0.670. The van der Waals surface area contributed by atoms with Crippen molar-refractivity contribution in [2.24, 2.45) is 5.92 Å². The Labute approximate surface area is 111 Å². The van der Waals surface area contributed by atoms with Crippen LogP contribution in [0.3, 0.4) is 0 Å². The van der Waals surface area contributed by atoms with Crippen molar-refractivity contribution in [3.8, 4) is 0 Å². The molecular weight excluding hydrogens is 254 g/mol. The smallest absolute Gasteiger partial charge is 0.253 e. The number of thioether (sulfide) groups is 1. The van der Waals surface area contributed by atoms with Gasteiger partial charge in [0.05, 0.1) is 0 Å². The summed E-state index contributed by atoms with van der Waals surface area (Å²) in [5, 5.41) is 0. The monoisotopic (exact) mass is 269 g/mol. The highest BCUT2D eigenvalue weighted by Gasteiger charge is 2.26. The van der Waals surface area contributed by atoms with Crippen LogP contribution in [0.15, 0.2) is 29.2 Å². The van der Waals surface area contributed by atoms with Crippen LogP contribution in [0.4, 0.5) is 0 Å². The third-order valence-electron chi connectivity index (χ3n) is 3.13. The Morgan fingerprint density at radius 1 is 1.47 bits per heavy atom. The van der Waals surface area contributed by atoms with Crippen molar-refractivity contribution in [1.82, 2.24) is 4.90 Å². The van der Waals surface area contributed by atoms with Gasteiger partial charge in [-0.15, -0.1) is 23.4 Å². The van der Waals surface area contributed by atoms with Gasteiger partial charge < -0.3 is 4.90 Å². The first-order valence-electron chi connectivity index (χ1n) is 5.74. The van der Waals surface area contributed by atoms with E-state index in [9.17, 15) is 4.79 Å². The second kappa shape index (κ2) is 5.78. The average molecular weight is 270 g/mol. The summed E-state index contributed by atoms with van der Waals surface area (Å²) >= 11 is 7.51. The summed E-state index contributed by atoms with van der Waals surface area (Å²) in [6.07, 6.45) is 3.06. The Morgan fingerprint density at radius 3 is 2.71 bits per heavy atom. The van der Waals surface area contributed by atoms with Gasteiger partial charge in [0.2, 0.25) is 0 Å². The van der Waals surface area contributed by atoms with Crippen LogP contribution in [0.1, 0.15) is 16.8 Å². The van der Waals surface area contributed by atoms with Gasteiger partial charge in [0.1, 0.15) is 0 Å². The number of hydrogen-bond acceptors (Lipinski definition) is 2. The molecule has 1 amide bonds. The minimum atomic E-state index is 0.130. The molecule has 0 aromatic heterocycles. The zero-order valence-corrected chi connectivity index (χ0v) is 11.4. The number of nitrogens with zero attached hydrogens (tertiary/aromatic N) is 1. The maximum absolute atomic E-state index is 12.2. The molecule has 1 aliphatic rings. The molecule has 0 bridgehead atoms. The molecule has 2 rings (SSSR count). The molecule has 1 saturated heterocycles. The molecule has 4 heteroatoms. The lowest BCUT2D eigenvalue weighted by Crippen LogP contribution is -2.28. The maximum Gasteiger partial charge on any atom is 0.253 e. The van der Waals surface area contributed by atoms with E-state index >= 15 is 0 Å². The van der Waals surface area contributed by atoms with Crippen molar-refractivity contribution >= 4 is 29.3 Å². The molecule has 0 spiro atoms. The second-order valence-corrected chi connectivity index (χ2v) is 5.48. The minimum Gasteiger partial charge on any atom is -0.338 e. The number of amides is 1. The van der Waals surface area contributed by atoms with Gasteiger partial charge in [0.25, 0.3) is 5.91 Å². The summed E-state index contributed by atoms with van der Waals surface area (Å²) in [5.41, 5.74) is 0.776. The van der Waals surface area contributed by atoms with E-state index in [2.05, 4.69) is 0 Å². The summed E-state index contributed by atoms with van der Waals surface area (Å²) in [4.78, 5) is 15.3. The third-order valence-corrected chi connectivity index (χ3v) is 4.31. The minimum absolute atomic E-state index is 0.130. The summed E-state index contributed by atoms with van der Waals surface area (Å²) < 4.78 is 0. The van der Waals surface area contributed by atoms with Gasteiger partial charge >= 0.3 is 0 Å². The molecule has 17 heavy (non-hydrogen) atoms. The summed E-state index contributed by atoms with van der Waals surface area (Å²) in [6.45, 7) is 1.63. The molecular formula is C13H16ClNOS. The maximum atomic E-state index is 12.2. The van der Waals surface area contributed by atoms with Crippen molar-refractivity contribution in [1.29, 1.82) is 0 Å². The number of rotatable bonds is 3. The van der Waals surface area contributed by atoms with Gasteiger partial charge in [-0.05, 0) is 42.9 Å². The molecule has 1 aromatic rings. The fourth-order valence-corrected chi connectivity index (χ4v) is 2.72. The first-order valence-corrected chi connectivity index (χ1v) is 7.50. The second-order valence-electron chi connectivity index (χ2n) is 4.29. The number of carbonyl (C=O) groups is 1. The van der Waals surface area contributed by atoms with Gasteiger partial charge in [-0.2, -0.15) is 0 Å². The SMILES string of the molecule is CSc1ccc(C(=O)N2CCC(CCl)C2)cc1. The van der Waals surface area contributed by atoms with Crippen LogP contribution in [0.25, 0.3) is 0 Å². The van der Waals surface area contributed by atoms with Crippen LogP contribution in [0, 0.1) is 5.92 Å². The standard InChI is InChI=1S/C13H16ClNOS/c1-17-12-4-2-11(3-5-12)13(16)15-7-6-10(8-14)9-15/h2-5,10H,6-9H2,1H3. The topological polar surface area (TPSA) is 20.3 Å². The summed E-state index contributed by atoms with van der Waals surface area (Å²) in [5.74, 6) is 1.24. The zero-order valence-electron chi connectivity index (χ0n) is 9.86. The van der Waals surface area contributed by atoms with E-state index < -0.39 is 0 Å². The number of halogens is 1. The molecule has 1 unspecified atom stereocenters. The predicted octanol–water partition coefficient (Wildman–Crippen LogP) is 3.11. The van der Waals surface area contributed by atoms with E-state index in [4.69, 9.17) is 11.6 Å². The predicted molar refractivity (Wildman–Crippen MR) is 73.0 cm³/mol. The van der Waals surface area contributed by atoms with E-state index in [0.29, 0.717) is 11.8 Å². The summed E-state index contributed by atoms with van der Waals surface area (Å²) in [7, 11) is 0. The molecule has 0 aliphatic carbocycles. The molecule has 0 radical (unpaired) electrons. The molecule has 1 heterocycles. The lowest BCUT2D eigenvalue weighted by molar-refractivity contribution is 0.0788. The fraction of sp³-hybridized carbons (Fsp3) is 0.462. The lowest BCUT2D eigenvalue weighted by atomic mass is 10.1. The first-order chi connectivity index (χ1) is 8.24. The third kappa shape index (κ3) is 2.96. The van der Waals surface area contributed by atoms with Crippen LogP contribution in [0.2, 0.25) is 0 Å². The van der Waals surface area contributed by atoms with E-state index in [1.807, 2.05) is 35.4 Å². The van der Waals surface area contributed by atoms with Crippen LogP contribution < -0.4 is 0 Å². The number of benzene rings is 1. The molecule has 1 aromatic carbocycles. The molecule has 1 fully saturated rings. The highest BCUT2D eigenvalue weighted by molar-refractivity contribution is 7.98. The van der Waals surface area contributed by atoms with Crippen LogP contribution in [-0.2, 0) is 0 Å². The van der Waals surface area contributed by atoms with Crippen molar-refractivity contribution in [3.05, 3.63) is 29.8 Å². The Bertz CT molecular complexity index is 393. The fourth-order valence-electron chi connectivity index (χ4n) is 2.06. The van der Waals surface area contributed by atoms with Gasteiger partial charge in [-0.1, -0.05) is 0 Å². The zero-order chi connectivity index (χ0) is 12.3. The Balaban J connectivity index is 2.04. The molecule has 92 valence electrons. The average Bonchev–Trinajstić information content (AvgIpc) is 2.87. The first kappa shape index (κ1) is 12.8. The number of likely N-dealkylation sites (tertiary alicyclic amines) is 1. The molecule has 1 atom stereocenters. The van der Waals surface area contributed by atoms with Gasteiger partial charge in [-0.3, -0.25) is 4.79 Å². The summed E-state index contributed by atoms with van der Waals surface area (Å²) in [6, 6.07) is 7.80. The van der Waals surface area contributed by atoms with E-state index in [1.54, 1.807) is 11.8 Å². The number of alkyl halides is 1. The van der Waals surface area contributed by atoms with Crippen molar-refractivity contribution < 1.29 is 4.79 Å². The van der Waals surface area contributed by atoms with Crippen LogP contribution >= 0.6 is 23.4 Å². The van der Waals surface area contributed by atoms with Crippen molar-refractivity contribution in [2.75, 3.05) is 25.2 Å². The quantitative estimate of drug-likeness (QED) is 0.621. The largest absolute Gasteiger partial charge is 0.338 e. The van der Waals surface area contributed by atoms with Gasteiger partial charge in [0, 0.05) is 29.4 Å². The van der Waals surface area contributed by atoms with E-state index in [0.717, 1.165) is 25.1 Å². The lowest BCUT2D eigenvalue weighted by Gasteiger charge is -2.16. The Kier molecular flexibility index (Phi) is 4.35. The molecule has 0 N–H and O–H groups in total. The van der Waals surface area contributed by atoms with Crippen LogP contribution in [0.5, 0.6) is 0 Å². The van der Waals surface area contributed by atoms with Gasteiger partial charge in [0.15, 0.2) is 0 Å². The molecule has 0 saturated carbocycles. The molecule has 2 nitrogen and oxygen atoms in total. The Morgan fingerprint density at radius 2 is 2.18 bits per heavy atom. The molecule has 1 aliphatic heterocycles. The van der Waals surface area contributed by atoms with E-state index in [-0.39, 0.29) is 5.91 Å². The van der Waals surface area contributed by atoms with Crippen molar-refractivity contribution in [2.45, 2.75) is 11.3 Å². The van der Waals surface area contributed by atoms with Crippen molar-refractivity contribution in [3.63, 3.8) is 0 Å². The normalized spacial score (nSPS) is 19.6. The van der Waals surface area contributed by atoms with Gasteiger partial charge in [-0.25, -0.2) is 0 Å².